The summed E-state index contributed by atoms with van der Waals surface area (Å²) < 4.78 is 0. The van der Waals surface area contributed by atoms with Crippen molar-refractivity contribution in [3.63, 3.8) is 0 Å². The quantitative estimate of drug-likeness (QED) is 0.490. The highest BCUT2D eigenvalue weighted by Gasteiger charge is 1.95. The highest BCUT2D eigenvalue weighted by atomic mass is 16.1. The molecule has 0 heterocycles. The third-order valence-electron chi connectivity index (χ3n) is 1.78. The van der Waals surface area contributed by atoms with Crippen molar-refractivity contribution in [1.82, 2.24) is 5.32 Å². The summed E-state index contributed by atoms with van der Waals surface area (Å²) in [5.41, 5.74) is 7.33. The van der Waals surface area contributed by atoms with E-state index >= 15 is 0 Å². The van der Waals surface area contributed by atoms with Crippen molar-refractivity contribution in [2.24, 2.45) is 0 Å². The average Bonchev–Trinajstić information content (AvgIpc) is 2.15. The second-order valence-electron chi connectivity index (χ2n) is 3.00. The van der Waals surface area contributed by atoms with Crippen LogP contribution in [0.3, 0.4) is 0 Å². The van der Waals surface area contributed by atoms with Gasteiger partial charge in [0.2, 0.25) is 5.91 Å². The Morgan fingerprint density at radius 3 is 2.71 bits per heavy atom. The molecule has 0 radical (unpaired) electrons. The Bertz CT molecular complexity index is 312. The van der Waals surface area contributed by atoms with Gasteiger partial charge in [0.25, 0.3) is 0 Å². The first-order valence-corrected chi connectivity index (χ1v) is 4.53. The lowest BCUT2D eigenvalue weighted by molar-refractivity contribution is -0.118. The predicted molar refractivity (Wildman–Crippen MR) is 58.0 cm³/mol. The third-order valence-corrected chi connectivity index (χ3v) is 1.78. The molecule has 0 unspecified atom stereocenters. The van der Waals surface area contributed by atoms with Gasteiger partial charge in [-0.3, -0.25) is 4.79 Å². The highest BCUT2D eigenvalue weighted by Crippen LogP contribution is 2.15. The zero-order valence-corrected chi connectivity index (χ0v) is 8.21. The summed E-state index contributed by atoms with van der Waals surface area (Å²) in [6.07, 6.45) is 0. The second-order valence-corrected chi connectivity index (χ2v) is 3.00. The number of carbonyl (C=O) groups excluding carboxylic acids is 1. The van der Waals surface area contributed by atoms with Gasteiger partial charge < -0.3 is 16.4 Å². The van der Waals surface area contributed by atoms with Crippen LogP contribution in [-0.2, 0) is 4.79 Å². The van der Waals surface area contributed by atoms with Crippen LogP contribution in [0.5, 0.6) is 0 Å². The zero-order chi connectivity index (χ0) is 10.4. The van der Waals surface area contributed by atoms with Crippen LogP contribution in [0.4, 0.5) is 11.4 Å². The van der Waals surface area contributed by atoms with Crippen molar-refractivity contribution in [2.75, 3.05) is 24.1 Å². The van der Waals surface area contributed by atoms with Crippen LogP contribution in [0.1, 0.15) is 6.92 Å². The molecule has 76 valence electrons. The van der Waals surface area contributed by atoms with Gasteiger partial charge in [-0.05, 0) is 12.1 Å². The molecule has 1 rings (SSSR count). The van der Waals surface area contributed by atoms with Crippen LogP contribution in [-0.4, -0.2) is 19.0 Å². The van der Waals surface area contributed by atoms with E-state index in [9.17, 15) is 4.79 Å². The van der Waals surface area contributed by atoms with Crippen molar-refractivity contribution < 1.29 is 4.79 Å². The lowest BCUT2D eigenvalue weighted by Gasteiger charge is -2.08. The molecule has 0 aromatic heterocycles. The first-order chi connectivity index (χ1) is 6.70. The summed E-state index contributed by atoms with van der Waals surface area (Å²) in [4.78, 5) is 10.6. The third kappa shape index (κ3) is 3.35. The summed E-state index contributed by atoms with van der Waals surface area (Å²) in [6.45, 7) is 2.77. The fraction of sp³-hybridized carbons (Fsp3) is 0.300. The Morgan fingerprint density at radius 2 is 2.07 bits per heavy atom. The number of nitrogens with one attached hydrogen (secondary N) is 2. The Morgan fingerprint density at radius 1 is 1.36 bits per heavy atom. The van der Waals surface area contributed by atoms with Crippen LogP contribution in [0, 0.1) is 0 Å². The minimum atomic E-state index is -0.0205. The minimum absolute atomic E-state index is 0.0205. The van der Waals surface area contributed by atoms with Gasteiger partial charge in [0.05, 0.1) is 11.4 Å². The van der Waals surface area contributed by atoms with E-state index in [2.05, 4.69) is 10.6 Å². The molecule has 0 fully saturated rings. The molecule has 4 heteroatoms. The van der Waals surface area contributed by atoms with Crippen LogP contribution in [0.25, 0.3) is 0 Å². The molecule has 0 saturated heterocycles. The van der Waals surface area contributed by atoms with Crippen molar-refractivity contribution in [3.05, 3.63) is 24.3 Å². The maximum atomic E-state index is 10.6. The highest BCUT2D eigenvalue weighted by molar-refractivity contribution is 5.72. The molecule has 1 aromatic rings. The Kier molecular flexibility index (Phi) is 3.79. The molecule has 0 aliphatic carbocycles. The van der Waals surface area contributed by atoms with E-state index in [1.807, 2.05) is 24.3 Å². The zero-order valence-electron chi connectivity index (χ0n) is 8.21. The number of para-hydroxylation sites is 2. The van der Waals surface area contributed by atoms with E-state index in [1.165, 1.54) is 6.92 Å². The molecule has 4 nitrogen and oxygen atoms in total. The van der Waals surface area contributed by atoms with E-state index in [1.54, 1.807) is 0 Å². The summed E-state index contributed by atoms with van der Waals surface area (Å²) in [6, 6.07) is 7.54. The number of nitrogens with two attached hydrogens (primary N) is 1. The largest absolute Gasteiger partial charge is 0.397 e. The summed E-state index contributed by atoms with van der Waals surface area (Å²) >= 11 is 0. The van der Waals surface area contributed by atoms with E-state index in [-0.39, 0.29) is 5.91 Å². The maximum Gasteiger partial charge on any atom is 0.216 e. The van der Waals surface area contributed by atoms with E-state index in [0.717, 1.165) is 11.4 Å². The number of hydrogen-bond donors (Lipinski definition) is 3. The minimum Gasteiger partial charge on any atom is -0.397 e. The molecule has 0 bridgehead atoms. The van der Waals surface area contributed by atoms with Gasteiger partial charge >= 0.3 is 0 Å². The topological polar surface area (TPSA) is 67.2 Å². The molecule has 4 N–H and O–H groups in total. The van der Waals surface area contributed by atoms with Gasteiger partial charge in [0, 0.05) is 20.0 Å². The Hall–Kier alpha value is -1.71. The number of amides is 1. The normalized spacial score (nSPS) is 9.50. The first kappa shape index (κ1) is 10.4. The molecule has 0 saturated carbocycles. The van der Waals surface area contributed by atoms with Gasteiger partial charge in [-0.2, -0.15) is 0 Å². The standard InChI is InChI=1S/C10H15N3O/c1-8(14)12-6-7-13-10-5-3-2-4-9(10)11/h2-5,13H,6-7,11H2,1H3,(H,12,14). The number of nitrogen functional groups attached to an aromatic ring is 1. The lowest BCUT2D eigenvalue weighted by atomic mass is 10.3. The number of hydrogen-bond acceptors (Lipinski definition) is 3. The first-order valence-electron chi connectivity index (χ1n) is 4.53. The van der Waals surface area contributed by atoms with Crippen LogP contribution >= 0.6 is 0 Å². The molecule has 0 spiro atoms. The number of anilines is 2. The van der Waals surface area contributed by atoms with Crippen LogP contribution < -0.4 is 16.4 Å². The fourth-order valence-electron chi connectivity index (χ4n) is 1.09. The van der Waals surface area contributed by atoms with Crippen molar-refractivity contribution in [3.8, 4) is 0 Å². The van der Waals surface area contributed by atoms with Crippen LogP contribution in [0.2, 0.25) is 0 Å². The monoisotopic (exact) mass is 193 g/mol. The predicted octanol–water partition coefficient (Wildman–Crippen LogP) is 0.817. The summed E-state index contributed by atoms with van der Waals surface area (Å²) in [5, 5.41) is 5.82. The Balaban J connectivity index is 2.31. The molecule has 0 atom stereocenters. The molecule has 0 aliphatic heterocycles. The van der Waals surface area contributed by atoms with E-state index in [0.29, 0.717) is 13.1 Å². The molecule has 1 aromatic carbocycles. The maximum absolute atomic E-state index is 10.6. The van der Waals surface area contributed by atoms with Crippen molar-refractivity contribution in [1.29, 1.82) is 0 Å². The SMILES string of the molecule is CC(=O)NCCNc1ccccc1N. The molecule has 14 heavy (non-hydrogen) atoms. The Labute approximate surface area is 83.5 Å². The fourth-order valence-corrected chi connectivity index (χ4v) is 1.09. The van der Waals surface area contributed by atoms with Crippen molar-refractivity contribution in [2.45, 2.75) is 6.92 Å². The van der Waals surface area contributed by atoms with Crippen molar-refractivity contribution >= 4 is 17.3 Å². The van der Waals surface area contributed by atoms with Gasteiger partial charge in [0.15, 0.2) is 0 Å². The van der Waals surface area contributed by atoms with Gasteiger partial charge in [-0.15, -0.1) is 0 Å². The molecular weight excluding hydrogens is 178 g/mol. The summed E-state index contributed by atoms with van der Waals surface area (Å²) in [5.74, 6) is -0.0205. The number of benzene rings is 1. The molecule has 1 amide bonds. The summed E-state index contributed by atoms with van der Waals surface area (Å²) in [7, 11) is 0. The number of rotatable bonds is 4. The van der Waals surface area contributed by atoms with E-state index in [4.69, 9.17) is 5.73 Å². The lowest BCUT2D eigenvalue weighted by Crippen LogP contribution is -2.26. The molecule has 0 aliphatic rings. The molecular formula is C10H15N3O. The smallest absolute Gasteiger partial charge is 0.216 e. The van der Waals surface area contributed by atoms with Gasteiger partial charge in [-0.1, -0.05) is 12.1 Å². The van der Waals surface area contributed by atoms with Gasteiger partial charge in [-0.25, -0.2) is 0 Å². The second kappa shape index (κ2) is 5.11. The number of carbonyl (C=O) groups is 1. The van der Waals surface area contributed by atoms with E-state index < -0.39 is 0 Å². The van der Waals surface area contributed by atoms with Crippen LogP contribution in [0.15, 0.2) is 24.3 Å². The van der Waals surface area contributed by atoms with Gasteiger partial charge in [0.1, 0.15) is 0 Å². The average molecular weight is 193 g/mol.